The van der Waals surface area contributed by atoms with Crippen molar-refractivity contribution in [2.75, 3.05) is 4.90 Å². The van der Waals surface area contributed by atoms with Gasteiger partial charge < -0.3 is 10.2 Å². The van der Waals surface area contributed by atoms with E-state index in [1.54, 1.807) is 24.0 Å². The molecular formula is C25H25FN2O2. The number of nitrogens with zero attached hydrogens (tertiary/aromatic N) is 1. The second-order valence-corrected chi connectivity index (χ2v) is 7.07. The maximum Gasteiger partial charge on any atom is 0.227 e. The third kappa shape index (κ3) is 6.01. The van der Waals surface area contributed by atoms with Crippen molar-refractivity contribution in [3.05, 3.63) is 101 Å². The van der Waals surface area contributed by atoms with Crippen molar-refractivity contribution < 1.29 is 14.0 Å². The molecule has 0 fully saturated rings. The number of rotatable bonds is 8. The van der Waals surface area contributed by atoms with Crippen LogP contribution in [0.25, 0.3) is 0 Å². The summed E-state index contributed by atoms with van der Waals surface area (Å²) >= 11 is 0. The summed E-state index contributed by atoms with van der Waals surface area (Å²) in [4.78, 5) is 26.6. The maximum absolute atomic E-state index is 13.2. The molecular weight excluding hydrogens is 379 g/mol. The van der Waals surface area contributed by atoms with Crippen LogP contribution in [0.2, 0.25) is 0 Å². The van der Waals surface area contributed by atoms with Gasteiger partial charge in [0, 0.05) is 18.7 Å². The molecule has 0 aliphatic carbocycles. The molecule has 2 amide bonds. The van der Waals surface area contributed by atoms with Crippen LogP contribution in [0.4, 0.5) is 10.1 Å². The number of hydrogen-bond acceptors (Lipinski definition) is 2. The first-order chi connectivity index (χ1) is 14.5. The van der Waals surface area contributed by atoms with Crippen LogP contribution in [0, 0.1) is 5.82 Å². The second kappa shape index (κ2) is 10.3. The lowest BCUT2D eigenvalue weighted by Crippen LogP contribution is -2.30. The topological polar surface area (TPSA) is 49.4 Å². The van der Waals surface area contributed by atoms with Crippen molar-refractivity contribution in [1.29, 1.82) is 0 Å². The first-order valence-corrected chi connectivity index (χ1v) is 9.99. The average molecular weight is 404 g/mol. The van der Waals surface area contributed by atoms with Crippen LogP contribution < -0.4 is 10.2 Å². The minimum atomic E-state index is -0.310. The molecule has 0 atom stereocenters. The van der Waals surface area contributed by atoms with Gasteiger partial charge >= 0.3 is 0 Å². The number of benzene rings is 3. The number of hydrogen-bond donors (Lipinski definition) is 1. The normalized spacial score (nSPS) is 10.5. The van der Waals surface area contributed by atoms with Gasteiger partial charge in [-0.1, -0.05) is 61.5 Å². The van der Waals surface area contributed by atoms with Crippen LogP contribution in [-0.4, -0.2) is 11.8 Å². The molecule has 30 heavy (non-hydrogen) atoms. The van der Waals surface area contributed by atoms with Gasteiger partial charge in [-0.3, -0.25) is 9.59 Å². The van der Waals surface area contributed by atoms with Crippen LogP contribution in [0.1, 0.15) is 30.0 Å². The van der Waals surface area contributed by atoms with E-state index >= 15 is 0 Å². The third-order valence-corrected chi connectivity index (χ3v) is 4.78. The quantitative estimate of drug-likeness (QED) is 0.595. The van der Waals surface area contributed by atoms with E-state index in [2.05, 4.69) is 5.32 Å². The Morgan fingerprint density at radius 1 is 0.867 bits per heavy atom. The summed E-state index contributed by atoms with van der Waals surface area (Å²) in [7, 11) is 0. The lowest BCUT2D eigenvalue weighted by Gasteiger charge is -2.23. The lowest BCUT2D eigenvalue weighted by atomic mass is 10.1. The highest BCUT2D eigenvalue weighted by Gasteiger charge is 2.16. The molecule has 0 saturated heterocycles. The van der Waals surface area contributed by atoms with Gasteiger partial charge in [-0.2, -0.15) is 0 Å². The Hall–Kier alpha value is -3.47. The summed E-state index contributed by atoms with van der Waals surface area (Å²) in [6.07, 6.45) is 0.578. The fourth-order valence-corrected chi connectivity index (χ4v) is 3.17. The molecule has 5 heteroatoms. The Balaban J connectivity index is 1.69. The highest BCUT2D eigenvalue weighted by Crippen LogP contribution is 2.21. The number of nitrogens with one attached hydrogen (secondary N) is 1. The van der Waals surface area contributed by atoms with E-state index in [1.807, 2.05) is 54.6 Å². The van der Waals surface area contributed by atoms with E-state index in [0.29, 0.717) is 19.5 Å². The van der Waals surface area contributed by atoms with E-state index < -0.39 is 0 Å². The largest absolute Gasteiger partial charge is 0.352 e. The Morgan fingerprint density at radius 2 is 1.57 bits per heavy atom. The lowest BCUT2D eigenvalue weighted by molar-refractivity contribution is -0.120. The highest BCUT2D eigenvalue weighted by molar-refractivity contribution is 5.93. The van der Waals surface area contributed by atoms with Gasteiger partial charge in [0.1, 0.15) is 5.82 Å². The van der Waals surface area contributed by atoms with Gasteiger partial charge in [-0.05, 0) is 41.0 Å². The fraction of sp³-hybridized carbons (Fsp3) is 0.200. The third-order valence-electron chi connectivity index (χ3n) is 4.78. The fourth-order valence-electron chi connectivity index (χ4n) is 3.17. The van der Waals surface area contributed by atoms with Crippen molar-refractivity contribution in [1.82, 2.24) is 5.32 Å². The SMILES string of the molecule is CCC(=O)N(Cc1ccc(F)cc1)c1cccc(CC(=O)NCc2ccccc2)c1. The van der Waals surface area contributed by atoms with Gasteiger partial charge in [-0.25, -0.2) is 4.39 Å². The molecule has 0 heterocycles. The van der Waals surface area contributed by atoms with E-state index in [-0.39, 0.29) is 24.1 Å². The second-order valence-electron chi connectivity index (χ2n) is 7.07. The molecule has 0 unspecified atom stereocenters. The zero-order chi connectivity index (χ0) is 21.3. The van der Waals surface area contributed by atoms with Crippen molar-refractivity contribution >= 4 is 17.5 Å². The summed E-state index contributed by atoms with van der Waals surface area (Å²) in [5.74, 6) is -0.427. The van der Waals surface area contributed by atoms with Crippen LogP contribution in [0.5, 0.6) is 0 Å². The molecule has 0 bridgehead atoms. The Labute approximate surface area is 176 Å². The van der Waals surface area contributed by atoms with Crippen molar-refractivity contribution in [3.63, 3.8) is 0 Å². The van der Waals surface area contributed by atoms with Crippen LogP contribution in [0.15, 0.2) is 78.9 Å². The summed E-state index contributed by atoms with van der Waals surface area (Å²) in [6, 6.07) is 23.3. The molecule has 0 aromatic heterocycles. The molecule has 3 aromatic rings. The standard InChI is InChI=1S/C25H25FN2O2/c1-2-25(30)28(18-20-11-13-22(26)14-12-20)23-10-6-9-21(15-23)16-24(29)27-17-19-7-4-3-5-8-19/h3-15H,2,16-18H2,1H3,(H,27,29). The highest BCUT2D eigenvalue weighted by atomic mass is 19.1. The zero-order valence-corrected chi connectivity index (χ0v) is 17.0. The summed E-state index contributed by atoms with van der Waals surface area (Å²) in [5, 5.41) is 2.92. The van der Waals surface area contributed by atoms with E-state index in [9.17, 15) is 14.0 Å². The monoisotopic (exact) mass is 404 g/mol. The molecule has 0 aliphatic heterocycles. The van der Waals surface area contributed by atoms with Gasteiger partial charge in [-0.15, -0.1) is 0 Å². The van der Waals surface area contributed by atoms with E-state index in [0.717, 1.165) is 22.4 Å². The van der Waals surface area contributed by atoms with Gasteiger partial charge in [0.15, 0.2) is 0 Å². The van der Waals surface area contributed by atoms with Crippen molar-refractivity contribution in [2.24, 2.45) is 0 Å². The molecule has 0 spiro atoms. The summed E-state index contributed by atoms with van der Waals surface area (Å²) in [5.41, 5.74) is 3.42. The average Bonchev–Trinajstić information content (AvgIpc) is 2.77. The van der Waals surface area contributed by atoms with E-state index in [4.69, 9.17) is 0 Å². The molecule has 4 nitrogen and oxygen atoms in total. The predicted molar refractivity (Wildman–Crippen MR) is 116 cm³/mol. The van der Waals surface area contributed by atoms with Crippen molar-refractivity contribution in [2.45, 2.75) is 32.9 Å². The first kappa shape index (κ1) is 21.2. The van der Waals surface area contributed by atoms with Crippen molar-refractivity contribution in [3.8, 4) is 0 Å². The molecule has 0 saturated carbocycles. The molecule has 0 aliphatic rings. The zero-order valence-electron chi connectivity index (χ0n) is 17.0. The van der Waals surface area contributed by atoms with Gasteiger partial charge in [0.05, 0.1) is 13.0 Å². The van der Waals surface area contributed by atoms with Gasteiger partial charge in [0.25, 0.3) is 0 Å². The molecule has 0 radical (unpaired) electrons. The minimum absolute atomic E-state index is 0.0370. The van der Waals surface area contributed by atoms with Gasteiger partial charge in [0.2, 0.25) is 11.8 Å². The predicted octanol–water partition coefficient (Wildman–Crippen LogP) is 4.63. The van der Waals surface area contributed by atoms with E-state index in [1.165, 1.54) is 12.1 Å². The number of anilines is 1. The Bertz CT molecular complexity index is 988. The minimum Gasteiger partial charge on any atom is -0.352 e. The maximum atomic E-state index is 13.2. The molecule has 1 N–H and O–H groups in total. The number of halogens is 1. The Morgan fingerprint density at radius 3 is 2.27 bits per heavy atom. The molecule has 3 aromatic carbocycles. The smallest absolute Gasteiger partial charge is 0.227 e. The number of carbonyl (C=O) groups is 2. The molecule has 154 valence electrons. The van der Waals surface area contributed by atoms with Crippen LogP contribution in [-0.2, 0) is 29.1 Å². The Kier molecular flexibility index (Phi) is 7.33. The number of amides is 2. The number of carbonyl (C=O) groups excluding carboxylic acids is 2. The van der Waals surface area contributed by atoms with Crippen LogP contribution in [0.3, 0.4) is 0 Å². The van der Waals surface area contributed by atoms with Crippen LogP contribution >= 0.6 is 0 Å². The first-order valence-electron chi connectivity index (χ1n) is 9.99. The summed E-state index contributed by atoms with van der Waals surface area (Å²) in [6.45, 7) is 2.63. The molecule has 3 rings (SSSR count). The summed E-state index contributed by atoms with van der Waals surface area (Å²) < 4.78 is 13.2.